The normalized spacial score (nSPS) is 10.5. The third-order valence-electron chi connectivity index (χ3n) is 2.89. The minimum Gasteiger partial charge on any atom is -0.469 e. The average Bonchev–Trinajstić information content (AvgIpc) is 2.41. The fourth-order valence-electron chi connectivity index (χ4n) is 1.96. The Kier molecular flexibility index (Phi) is 3.77. The Hall–Kier alpha value is -2.10. The summed E-state index contributed by atoms with van der Waals surface area (Å²) in [5.74, 6) is -0.247. The molecule has 0 fully saturated rings. The van der Waals surface area contributed by atoms with Crippen LogP contribution in [0.25, 0.3) is 10.9 Å². The fourth-order valence-corrected chi connectivity index (χ4v) is 1.96. The summed E-state index contributed by atoms with van der Waals surface area (Å²) in [5.41, 5.74) is 0.855. The van der Waals surface area contributed by atoms with Crippen LogP contribution in [0.4, 0.5) is 0 Å². The molecule has 0 saturated heterocycles. The number of fused-ring (bicyclic) bond motifs is 1. The van der Waals surface area contributed by atoms with E-state index in [0.717, 1.165) is 10.9 Å². The summed E-state index contributed by atoms with van der Waals surface area (Å²) in [5, 5.41) is 1.02. The molecule has 0 spiro atoms. The molecule has 18 heavy (non-hydrogen) atoms. The van der Waals surface area contributed by atoms with E-state index in [2.05, 4.69) is 4.74 Å². The molecule has 0 atom stereocenters. The molecule has 0 aliphatic rings. The highest BCUT2D eigenvalue weighted by Gasteiger charge is 2.04. The Labute approximate surface area is 105 Å². The standard InChI is InChI=1S/C14H15NO3/c1-18-14(17)7-4-10-15-12-6-3-2-5-11(12)8-9-13(15)16/h2-3,5-6,8-9H,4,7,10H2,1H3. The minimum atomic E-state index is -0.247. The third-order valence-corrected chi connectivity index (χ3v) is 2.89. The van der Waals surface area contributed by atoms with Crippen molar-refractivity contribution in [2.45, 2.75) is 19.4 Å². The molecule has 0 saturated carbocycles. The quantitative estimate of drug-likeness (QED) is 0.773. The van der Waals surface area contributed by atoms with Gasteiger partial charge in [0.25, 0.3) is 5.56 Å². The van der Waals surface area contributed by atoms with Gasteiger partial charge in [-0.15, -0.1) is 0 Å². The smallest absolute Gasteiger partial charge is 0.305 e. The number of methoxy groups -OCH3 is 1. The Morgan fingerprint density at radius 2 is 2.00 bits per heavy atom. The van der Waals surface area contributed by atoms with Crippen LogP contribution in [0.15, 0.2) is 41.2 Å². The molecular formula is C14H15NO3. The van der Waals surface area contributed by atoms with Crippen LogP contribution in [0.1, 0.15) is 12.8 Å². The first-order valence-corrected chi connectivity index (χ1v) is 5.88. The van der Waals surface area contributed by atoms with E-state index in [-0.39, 0.29) is 11.5 Å². The highest BCUT2D eigenvalue weighted by atomic mass is 16.5. The lowest BCUT2D eigenvalue weighted by molar-refractivity contribution is -0.140. The summed E-state index contributed by atoms with van der Waals surface area (Å²) in [7, 11) is 1.37. The van der Waals surface area contributed by atoms with E-state index >= 15 is 0 Å². The molecule has 0 radical (unpaired) electrons. The molecule has 1 heterocycles. The van der Waals surface area contributed by atoms with Crippen LogP contribution in [0.5, 0.6) is 0 Å². The number of esters is 1. The van der Waals surface area contributed by atoms with Crippen LogP contribution in [-0.2, 0) is 16.1 Å². The highest BCUT2D eigenvalue weighted by molar-refractivity contribution is 5.78. The second kappa shape index (κ2) is 5.49. The number of rotatable bonds is 4. The van der Waals surface area contributed by atoms with Crippen LogP contribution < -0.4 is 5.56 Å². The zero-order chi connectivity index (χ0) is 13.0. The summed E-state index contributed by atoms with van der Waals surface area (Å²) in [6.07, 6.45) is 0.923. The number of benzene rings is 1. The monoisotopic (exact) mass is 245 g/mol. The number of para-hydroxylation sites is 1. The maximum absolute atomic E-state index is 11.8. The van der Waals surface area contributed by atoms with Gasteiger partial charge in [-0.3, -0.25) is 9.59 Å². The molecule has 0 N–H and O–H groups in total. The Morgan fingerprint density at radius 1 is 1.22 bits per heavy atom. The number of nitrogens with zero attached hydrogens (tertiary/aromatic N) is 1. The summed E-state index contributed by atoms with van der Waals surface area (Å²) in [4.78, 5) is 22.9. The van der Waals surface area contributed by atoms with Crippen LogP contribution in [-0.4, -0.2) is 17.6 Å². The Balaban J connectivity index is 2.24. The SMILES string of the molecule is COC(=O)CCCn1c(=O)ccc2ccccc21. The molecule has 0 aliphatic heterocycles. The van der Waals surface area contributed by atoms with Gasteiger partial charge in [0.2, 0.25) is 0 Å². The van der Waals surface area contributed by atoms with E-state index in [1.54, 1.807) is 10.6 Å². The molecule has 0 unspecified atom stereocenters. The average molecular weight is 245 g/mol. The maximum atomic E-state index is 11.8. The molecule has 0 aliphatic carbocycles. The van der Waals surface area contributed by atoms with Crippen LogP contribution in [0, 0.1) is 0 Å². The number of carbonyl (C=O) groups excluding carboxylic acids is 1. The van der Waals surface area contributed by atoms with Gasteiger partial charge in [0.1, 0.15) is 0 Å². The van der Waals surface area contributed by atoms with Gasteiger partial charge in [-0.25, -0.2) is 0 Å². The molecule has 0 amide bonds. The predicted molar refractivity (Wildman–Crippen MR) is 69.5 cm³/mol. The lowest BCUT2D eigenvalue weighted by Crippen LogP contribution is -2.19. The van der Waals surface area contributed by atoms with Gasteiger partial charge in [-0.05, 0) is 23.9 Å². The summed E-state index contributed by atoms with van der Waals surface area (Å²) < 4.78 is 6.27. The van der Waals surface area contributed by atoms with Gasteiger partial charge in [0.15, 0.2) is 0 Å². The van der Waals surface area contributed by atoms with Crippen molar-refractivity contribution in [3.8, 4) is 0 Å². The number of ether oxygens (including phenoxy) is 1. The van der Waals surface area contributed by atoms with E-state index in [0.29, 0.717) is 19.4 Å². The zero-order valence-corrected chi connectivity index (χ0v) is 10.3. The van der Waals surface area contributed by atoms with Crippen molar-refractivity contribution in [2.75, 3.05) is 7.11 Å². The molecule has 0 bridgehead atoms. The topological polar surface area (TPSA) is 48.3 Å². The Morgan fingerprint density at radius 3 is 2.78 bits per heavy atom. The molecule has 94 valence electrons. The van der Waals surface area contributed by atoms with Gasteiger partial charge in [-0.2, -0.15) is 0 Å². The highest BCUT2D eigenvalue weighted by Crippen LogP contribution is 2.11. The van der Waals surface area contributed by atoms with E-state index in [1.807, 2.05) is 30.3 Å². The molecular weight excluding hydrogens is 230 g/mol. The number of hydrogen-bond donors (Lipinski definition) is 0. The number of aryl methyl sites for hydroxylation is 1. The maximum Gasteiger partial charge on any atom is 0.305 e. The summed E-state index contributed by atoms with van der Waals surface area (Å²) in [6, 6.07) is 11.1. The van der Waals surface area contributed by atoms with E-state index in [1.165, 1.54) is 7.11 Å². The van der Waals surface area contributed by atoms with E-state index in [9.17, 15) is 9.59 Å². The summed E-state index contributed by atoms with van der Waals surface area (Å²) in [6.45, 7) is 0.523. The molecule has 2 aromatic rings. The fraction of sp³-hybridized carbons (Fsp3) is 0.286. The number of pyridine rings is 1. The molecule has 1 aromatic carbocycles. The number of carbonyl (C=O) groups is 1. The van der Waals surface area contributed by atoms with Crippen LogP contribution >= 0.6 is 0 Å². The molecule has 4 nitrogen and oxygen atoms in total. The van der Waals surface area contributed by atoms with Crippen molar-refractivity contribution in [3.63, 3.8) is 0 Å². The Bertz CT molecular complexity index is 616. The van der Waals surface area contributed by atoms with Gasteiger partial charge in [-0.1, -0.05) is 18.2 Å². The van der Waals surface area contributed by atoms with E-state index in [4.69, 9.17) is 0 Å². The lowest BCUT2D eigenvalue weighted by Gasteiger charge is -2.09. The third kappa shape index (κ3) is 2.59. The first-order chi connectivity index (χ1) is 8.72. The first-order valence-electron chi connectivity index (χ1n) is 5.88. The van der Waals surface area contributed by atoms with Gasteiger partial charge in [0, 0.05) is 19.0 Å². The molecule has 1 aromatic heterocycles. The number of aromatic nitrogens is 1. The van der Waals surface area contributed by atoms with Crippen molar-refractivity contribution < 1.29 is 9.53 Å². The van der Waals surface area contributed by atoms with Crippen LogP contribution in [0.2, 0.25) is 0 Å². The minimum absolute atomic E-state index is 0.0430. The van der Waals surface area contributed by atoms with Crippen LogP contribution in [0.3, 0.4) is 0 Å². The second-order valence-corrected chi connectivity index (χ2v) is 4.06. The van der Waals surface area contributed by atoms with Crippen molar-refractivity contribution in [1.82, 2.24) is 4.57 Å². The lowest BCUT2D eigenvalue weighted by atomic mass is 10.2. The second-order valence-electron chi connectivity index (χ2n) is 4.06. The van der Waals surface area contributed by atoms with Gasteiger partial charge in [0.05, 0.1) is 12.6 Å². The van der Waals surface area contributed by atoms with Gasteiger partial charge >= 0.3 is 5.97 Å². The summed E-state index contributed by atoms with van der Waals surface area (Å²) >= 11 is 0. The van der Waals surface area contributed by atoms with Gasteiger partial charge < -0.3 is 9.30 Å². The number of hydrogen-bond acceptors (Lipinski definition) is 3. The molecule has 2 rings (SSSR count). The van der Waals surface area contributed by atoms with E-state index < -0.39 is 0 Å². The van der Waals surface area contributed by atoms with Crippen molar-refractivity contribution in [3.05, 3.63) is 46.8 Å². The largest absolute Gasteiger partial charge is 0.469 e. The molecule has 4 heteroatoms. The van der Waals surface area contributed by atoms with Crippen molar-refractivity contribution >= 4 is 16.9 Å². The zero-order valence-electron chi connectivity index (χ0n) is 10.3. The first kappa shape index (κ1) is 12.4. The predicted octanol–water partition coefficient (Wildman–Crippen LogP) is 1.95. The van der Waals surface area contributed by atoms with Crippen molar-refractivity contribution in [1.29, 1.82) is 0 Å². The van der Waals surface area contributed by atoms with Crippen molar-refractivity contribution in [2.24, 2.45) is 0 Å².